The molecule has 5 nitrogen and oxygen atoms in total. The van der Waals surface area contributed by atoms with Crippen molar-refractivity contribution in [3.05, 3.63) is 12.2 Å². The number of aliphatic carboxylic acids is 1. The molecule has 1 N–H and O–H groups in total. The van der Waals surface area contributed by atoms with Gasteiger partial charge >= 0.3 is 11.9 Å². The van der Waals surface area contributed by atoms with Crippen molar-refractivity contribution in [2.45, 2.75) is 152 Å². The first-order valence-corrected chi connectivity index (χ1v) is 19.1. The van der Waals surface area contributed by atoms with Gasteiger partial charge in [-0.05, 0) is 162 Å². The van der Waals surface area contributed by atoms with E-state index < -0.39 is 11.4 Å². The van der Waals surface area contributed by atoms with Gasteiger partial charge < -0.3 is 14.7 Å². The smallest absolute Gasteiger partial charge is 0.309 e. The molecule has 5 aliphatic rings. The number of hydrogen-bond donors (Lipinski definition) is 1. The minimum absolute atomic E-state index is 0.0833. The molecule has 0 saturated heterocycles. The fourth-order valence-electron chi connectivity index (χ4n) is 13.5. The van der Waals surface area contributed by atoms with Crippen LogP contribution in [0, 0.1) is 62.1 Å². The molecule has 0 bridgehead atoms. The van der Waals surface area contributed by atoms with Crippen LogP contribution in [0.15, 0.2) is 12.2 Å². The Labute approximate surface area is 282 Å². The third-order valence-corrected chi connectivity index (χ3v) is 16.4. The standard InChI is InChI=1S/C41H69NO4/c1-12-42(13-2)25-24-41-21-16-28(27(3)4)34(41)29-14-15-31-38(9)19-18-32(46-33(43)26-36(5,6)35(44)45)37(7,8)30(38)17-20-40(31,11)39(29,10)22-23-41/h28-32,34H,3,12-26H2,1-2,4-11H3,(H,44,45)/t28-,29+,30?,31?,32-,34?,38-,39+,40+,41+/m0/s1. The van der Waals surface area contributed by atoms with Gasteiger partial charge in [0.25, 0.3) is 0 Å². The predicted molar refractivity (Wildman–Crippen MR) is 187 cm³/mol. The molecule has 0 amide bonds. The molecule has 5 saturated carbocycles. The summed E-state index contributed by atoms with van der Waals surface area (Å²) in [6.45, 7) is 31.1. The molecule has 0 aromatic heterocycles. The lowest BCUT2D eigenvalue weighted by Crippen LogP contribution is -2.66. The topological polar surface area (TPSA) is 66.8 Å². The number of carboxylic acids is 1. The molecule has 0 heterocycles. The molecule has 5 rings (SSSR count). The van der Waals surface area contributed by atoms with Crippen LogP contribution in [0.4, 0.5) is 0 Å². The molecular weight excluding hydrogens is 570 g/mol. The lowest BCUT2D eigenvalue weighted by atomic mass is 9.32. The van der Waals surface area contributed by atoms with Crippen LogP contribution in [0.5, 0.6) is 0 Å². The van der Waals surface area contributed by atoms with Gasteiger partial charge in [-0.25, -0.2) is 0 Å². The normalized spacial score (nSPS) is 43.2. The number of fused-ring (bicyclic) bond motifs is 7. The van der Waals surface area contributed by atoms with Gasteiger partial charge in [0.1, 0.15) is 6.10 Å². The van der Waals surface area contributed by atoms with Gasteiger partial charge in [-0.2, -0.15) is 0 Å². The predicted octanol–water partition coefficient (Wildman–Crippen LogP) is 9.79. The summed E-state index contributed by atoms with van der Waals surface area (Å²) in [5, 5.41) is 9.59. The summed E-state index contributed by atoms with van der Waals surface area (Å²) in [7, 11) is 0. The highest BCUT2D eigenvalue weighted by Crippen LogP contribution is 2.78. The Kier molecular flexibility index (Phi) is 9.53. The van der Waals surface area contributed by atoms with Crippen LogP contribution >= 0.6 is 0 Å². The van der Waals surface area contributed by atoms with E-state index >= 15 is 0 Å². The van der Waals surface area contributed by atoms with E-state index in [1.807, 2.05) is 0 Å². The number of carboxylic acid groups (broad SMARTS) is 1. The van der Waals surface area contributed by atoms with Gasteiger partial charge in [0.15, 0.2) is 0 Å². The lowest BCUT2D eigenvalue weighted by molar-refractivity contribution is -0.250. The monoisotopic (exact) mass is 640 g/mol. The van der Waals surface area contributed by atoms with Crippen molar-refractivity contribution in [1.29, 1.82) is 0 Å². The fraction of sp³-hybridized carbons (Fsp3) is 0.902. The Bertz CT molecular complexity index is 1190. The number of nitrogens with zero attached hydrogens (tertiary/aromatic N) is 1. The third-order valence-electron chi connectivity index (χ3n) is 16.4. The van der Waals surface area contributed by atoms with Gasteiger partial charge in [0, 0.05) is 5.41 Å². The molecule has 5 aliphatic carbocycles. The Morgan fingerprint density at radius 1 is 0.870 bits per heavy atom. The molecule has 5 heteroatoms. The second kappa shape index (κ2) is 12.2. The van der Waals surface area contributed by atoms with Crippen LogP contribution in [0.1, 0.15) is 146 Å². The summed E-state index contributed by atoms with van der Waals surface area (Å²) in [5.41, 5.74) is 1.51. The van der Waals surface area contributed by atoms with Gasteiger partial charge in [-0.1, -0.05) is 60.6 Å². The molecule has 46 heavy (non-hydrogen) atoms. The lowest BCUT2D eigenvalue weighted by Gasteiger charge is -2.73. The van der Waals surface area contributed by atoms with Gasteiger partial charge in [-0.3, -0.25) is 9.59 Å². The number of ether oxygens (including phenoxy) is 1. The largest absolute Gasteiger partial charge is 0.481 e. The van der Waals surface area contributed by atoms with Crippen molar-refractivity contribution in [3.63, 3.8) is 0 Å². The molecule has 10 atom stereocenters. The van der Waals surface area contributed by atoms with Crippen molar-refractivity contribution >= 4 is 11.9 Å². The summed E-state index contributed by atoms with van der Waals surface area (Å²) in [5.74, 6) is 2.06. The zero-order valence-electron chi connectivity index (χ0n) is 31.4. The van der Waals surface area contributed by atoms with Crippen LogP contribution in [0.2, 0.25) is 0 Å². The average Bonchev–Trinajstić information content (AvgIpc) is 3.35. The van der Waals surface area contributed by atoms with Crippen LogP contribution in [-0.2, 0) is 14.3 Å². The zero-order chi connectivity index (χ0) is 34.1. The van der Waals surface area contributed by atoms with E-state index in [0.29, 0.717) is 34.0 Å². The third kappa shape index (κ3) is 5.43. The molecule has 0 aromatic carbocycles. The summed E-state index contributed by atoms with van der Waals surface area (Å²) in [4.78, 5) is 27.4. The Morgan fingerprint density at radius 2 is 1.54 bits per heavy atom. The van der Waals surface area contributed by atoms with Crippen molar-refractivity contribution in [2.24, 2.45) is 62.1 Å². The number of carbonyl (C=O) groups is 2. The van der Waals surface area contributed by atoms with Gasteiger partial charge in [-0.15, -0.1) is 0 Å². The quantitative estimate of drug-likeness (QED) is 0.190. The molecular formula is C41H69NO4. The van der Waals surface area contributed by atoms with E-state index in [2.05, 4.69) is 66.9 Å². The van der Waals surface area contributed by atoms with E-state index in [1.54, 1.807) is 13.8 Å². The van der Waals surface area contributed by atoms with Crippen LogP contribution < -0.4 is 0 Å². The fourth-order valence-corrected chi connectivity index (χ4v) is 13.5. The van der Waals surface area contributed by atoms with E-state index in [-0.39, 0.29) is 29.3 Å². The molecule has 0 radical (unpaired) electrons. The minimum atomic E-state index is -1.11. The number of carbonyl (C=O) groups excluding carboxylic acids is 1. The van der Waals surface area contributed by atoms with Crippen LogP contribution in [0.3, 0.4) is 0 Å². The Hall–Kier alpha value is -1.36. The first kappa shape index (κ1) is 35.9. The van der Waals surface area contributed by atoms with Crippen molar-refractivity contribution in [2.75, 3.05) is 19.6 Å². The van der Waals surface area contributed by atoms with E-state index in [4.69, 9.17) is 4.74 Å². The van der Waals surface area contributed by atoms with Crippen molar-refractivity contribution in [1.82, 2.24) is 4.90 Å². The molecule has 0 aromatic rings. The van der Waals surface area contributed by atoms with Gasteiger partial charge in [0.05, 0.1) is 11.8 Å². The number of esters is 1. The number of hydrogen-bond acceptors (Lipinski definition) is 4. The van der Waals surface area contributed by atoms with E-state index in [0.717, 1.165) is 37.8 Å². The molecule has 262 valence electrons. The highest BCUT2D eigenvalue weighted by atomic mass is 16.5. The minimum Gasteiger partial charge on any atom is -0.481 e. The summed E-state index contributed by atoms with van der Waals surface area (Å²) in [6, 6.07) is 0. The summed E-state index contributed by atoms with van der Waals surface area (Å²) < 4.78 is 6.19. The zero-order valence-corrected chi connectivity index (χ0v) is 31.4. The molecule has 5 fully saturated rings. The second-order valence-electron chi connectivity index (χ2n) is 19.0. The van der Waals surface area contributed by atoms with Crippen LogP contribution in [0.25, 0.3) is 0 Å². The Balaban J connectivity index is 1.40. The first-order valence-electron chi connectivity index (χ1n) is 19.1. The molecule has 0 spiro atoms. The molecule has 0 aliphatic heterocycles. The number of rotatable bonds is 10. The maximum absolute atomic E-state index is 13.1. The molecule has 3 unspecified atom stereocenters. The second-order valence-corrected chi connectivity index (χ2v) is 19.0. The maximum atomic E-state index is 13.1. The highest BCUT2D eigenvalue weighted by molar-refractivity contribution is 5.81. The van der Waals surface area contributed by atoms with E-state index in [9.17, 15) is 14.7 Å². The summed E-state index contributed by atoms with van der Waals surface area (Å²) >= 11 is 0. The maximum Gasteiger partial charge on any atom is 0.309 e. The highest BCUT2D eigenvalue weighted by Gasteiger charge is 2.71. The van der Waals surface area contributed by atoms with E-state index in [1.165, 1.54) is 69.9 Å². The average molecular weight is 640 g/mol. The number of allylic oxidation sites excluding steroid dienone is 1. The van der Waals surface area contributed by atoms with Crippen molar-refractivity contribution < 1.29 is 19.4 Å². The van der Waals surface area contributed by atoms with Crippen molar-refractivity contribution in [3.8, 4) is 0 Å². The summed E-state index contributed by atoms with van der Waals surface area (Å²) in [6.07, 6.45) is 13.7. The Morgan fingerprint density at radius 3 is 2.15 bits per heavy atom. The first-order chi connectivity index (χ1) is 21.3. The van der Waals surface area contributed by atoms with Crippen LogP contribution in [-0.4, -0.2) is 47.7 Å². The van der Waals surface area contributed by atoms with Gasteiger partial charge in [0.2, 0.25) is 0 Å². The SMILES string of the molecule is C=C(C)[C@@H]1CC[C@]2(CCN(CC)CC)CC[C@]3(C)[C@H](CCC4[C@@]5(C)CC[C@H](OC(=O)CC(C)(C)C(=O)O)C(C)(C)C5CC[C@]43C)C12.